The van der Waals surface area contributed by atoms with E-state index in [2.05, 4.69) is 15.1 Å². The Morgan fingerprint density at radius 3 is 2.14 bits per heavy atom. The molecule has 4 aromatic rings. The number of aromatic nitrogens is 2. The molecule has 2 atom stereocenters. The monoisotopic (exact) mass is 617 g/mol. The average Bonchev–Trinajstić information content (AvgIpc) is 3.33. The predicted octanol–water partition coefficient (Wildman–Crippen LogP) is 1.75. The summed E-state index contributed by atoms with van der Waals surface area (Å²) in [6.45, 7) is 2.13. The number of hydrogen-bond acceptors (Lipinski definition) is 12. The van der Waals surface area contributed by atoms with Gasteiger partial charge in [0.05, 0.1) is 16.2 Å². The van der Waals surface area contributed by atoms with Crippen LogP contribution >= 0.6 is 0 Å². The fraction of sp³-hybridized carbons (Fsp3) is 0.185. The number of aliphatic carboxylic acids is 2. The van der Waals surface area contributed by atoms with E-state index in [0.29, 0.717) is 12.0 Å². The third kappa shape index (κ3) is 8.90. The number of sulfone groups is 1. The Hall–Kier alpha value is -5.19. The molecule has 0 saturated heterocycles. The molecule has 0 bridgehead atoms. The molecule has 0 aliphatic heterocycles. The second-order valence-electron chi connectivity index (χ2n) is 9.03. The van der Waals surface area contributed by atoms with Gasteiger partial charge in [0.1, 0.15) is 17.2 Å². The van der Waals surface area contributed by atoms with Gasteiger partial charge in [0, 0.05) is 18.7 Å². The maximum absolute atomic E-state index is 12.9. The van der Waals surface area contributed by atoms with E-state index in [-0.39, 0.29) is 39.6 Å². The molecule has 0 aliphatic carbocycles. The number of carboxylic acids is 2. The Labute approximate surface area is 244 Å². The van der Waals surface area contributed by atoms with Crippen molar-refractivity contribution in [3.63, 3.8) is 0 Å². The van der Waals surface area contributed by atoms with Crippen molar-refractivity contribution < 1.29 is 57.8 Å². The molecule has 0 fully saturated rings. The van der Waals surface area contributed by atoms with Crippen LogP contribution in [0, 0.1) is 5.21 Å². The Kier molecular flexibility index (Phi) is 10.6. The number of aromatic hydroxyl groups is 2. The van der Waals surface area contributed by atoms with E-state index in [1.165, 1.54) is 42.5 Å². The third-order valence-corrected chi connectivity index (χ3v) is 7.41. The van der Waals surface area contributed by atoms with Crippen LogP contribution in [0.15, 0.2) is 87.3 Å². The summed E-state index contributed by atoms with van der Waals surface area (Å²) >= 11 is 0. The highest BCUT2D eigenvalue weighted by molar-refractivity contribution is 7.91. The molecule has 0 aliphatic rings. The molecule has 0 radical (unpaired) electrons. The van der Waals surface area contributed by atoms with Crippen LogP contribution < -0.4 is 15.0 Å². The highest BCUT2D eigenvalue weighted by Crippen LogP contribution is 2.29. The molecule has 0 spiro atoms. The molecule has 1 aromatic heterocycles. The number of ether oxygens (including phenoxy) is 1. The van der Waals surface area contributed by atoms with Crippen LogP contribution in [0.2, 0.25) is 0 Å². The van der Waals surface area contributed by atoms with Gasteiger partial charge in [-0.2, -0.15) is 0 Å². The lowest BCUT2D eigenvalue weighted by molar-refractivity contribution is -0.832. The highest BCUT2D eigenvalue weighted by atomic mass is 32.2. The number of rotatable bonds is 10. The van der Waals surface area contributed by atoms with Crippen molar-refractivity contribution in [3.8, 4) is 23.1 Å². The third-order valence-electron chi connectivity index (χ3n) is 5.69. The van der Waals surface area contributed by atoms with Crippen LogP contribution in [0.25, 0.3) is 0 Å². The largest absolute Gasteiger partial charge is 0.508 e. The smallest absolute Gasteiger partial charge is 0.420 e. The summed E-state index contributed by atoms with van der Waals surface area (Å²) in [7, 11) is -4.23. The SMILES string of the molecule is C[C@H](Cc1ccc(Oc2no[n+]([O-])c2S(=O)(=O)c2ccccc2)cc1)NC[C@H](O)c1cc(O)cc(O)c1.O=C(O)C(=O)O. The van der Waals surface area contributed by atoms with Crippen LogP contribution in [0.3, 0.4) is 0 Å². The summed E-state index contributed by atoms with van der Waals surface area (Å²) < 4.78 is 35.8. The lowest BCUT2D eigenvalue weighted by Crippen LogP contribution is -2.32. The fourth-order valence-corrected chi connectivity index (χ4v) is 4.96. The van der Waals surface area contributed by atoms with Crippen LogP contribution in [0.5, 0.6) is 23.1 Å². The first kappa shape index (κ1) is 32.3. The number of hydrogen-bond donors (Lipinski definition) is 6. The topological polar surface area (TPSA) is 244 Å². The number of aliphatic hydroxyl groups is 1. The first-order chi connectivity index (χ1) is 20.3. The number of carboxylic acid groups (broad SMARTS) is 2. The van der Waals surface area contributed by atoms with Gasteiger partial charge in [-0.15, -0.1) is 0 Å². The number of carbonyl (C=O) groups is 2. The van der Waals surface area contributed by atoms with E-state index in [0.717, 1.165) is 5.56 Å². The van der Waals surface area contributed by atoms with E-state index >= 15 is 0 Å². The lowest BCUT2D eigenvalue weighted by atomic mass is 10.1. The van der Waals surface area contributed by atoms with E-state index in [1.807, 2.05) is 6.92 Å². The van der Waals surface area contributed by atoms with Gasteiger partial charge in [-0.1, -0.05) is 30.3 Å². The van der Waals surface area contributed by atoms with Gasteiger partial charge in [-0.05, 0) is 65.8 Å². The maximum atomic E-state index is 12.9. The Morgan fingerprint density at radius 2 is 1.58 bits per heavy atom. The van der Waals surface area contributed by atoms with Gasteiger partial charge in [-0.3, -0.25) is 4.63 Å². The molecule has 1 heterocycles. The summed E-state index contributed by atoms with van der Waals surface area (Å²) in [4.78, 5) is 17.9. The van der Waals surface area contributed by atoms with Crippen LogP contribution in [0.4, 0.5) is 0 Å². The van der Waals surface area contributed by atoms with Crippen molar-refractivity contribution in [3.05, 3.63) is 89.1 Å². The Bertz CT molecular complexity index is 1630. The molecule has 6 N–H and O–H groups in total. The zero-order chi connectivity index (χ0) is 31.7. The second kappa shape index (κ2) is 14.1. The Morgan fingerprint density at radius 1 is 1.00 bits per heavy atom. The lowest BCUT2D eigenvalue weighted by Gasteiger charge is -2.18. The first-order valence-corrected chi connectivity index (χ1v) is 13.8. The quantitative estimate of drug-likeness (QED) is 0.110. The number of aliphatic hydroxyl groups excluding tert-OH is 1. The summed E-state index contributed by atoms with van der Waals surface area (Å²) in [5, 5.41) is 62.2. The minimum Gasteiger partial charge on any atom is -0.508 e. The van der Waals surface area contributed by atoms with Crippen molar-refractivity contribution >= 4 is 21.8 Å². The standard InChI is InChI=1S/C25H25N3O8S.C2H2O4/c1-16(26-15-23(31)18-12-19(29)14-20(30)13-18)11-17-7-9-21(10-8-17)35-24-25(28(32)36-27-24)37(33,34)22-5-3-2-4-6-22;3-1(4)2(5)6/h2-10,12-14,16,23,26,29-31H,11,15H2,1H3;(H,3,4)(H,5,6)/t16-,23+;/m1./s1. The molecule has 0 unspecified atom stereocenters. The number of phenols is 2. The average molecular weight is 618 g/mol. The predicted molar refractivity (Wildman–Crippen MR) is 145 cm³/mol. The molecule has 43 heavy (non-hydrogen) atoms. The van der Waals surface area contributed by atoms with Crippen molar-refractivity contribution in [1.82, 2.24) is 10.5 Å². The highest BCUT2D eigenvalue weighted by Gasteiger charge is 2.36. The molecular weight excluding hydrogens is 590 g/mol. The van der Waals surface area contributed by atoms with Gasteiger partial charge in [-0.25, -0.2) is 18.0 Å². The Balaban J connectivity index is 0.000000765. The summed E-state index contributed by atoms with van der Waals surface area (Å²) in [6.07, 6.45) is -0.333. The molecule has 0 saturated carbocycles. The van der Waals surface area contributed by atoms with Crippen LogP contribution in [-0.4, -0.2) is 63.6 Å². The maximum Gasteiger partial charge on any atom is 0.420 e. The van der Waals surface area contributed by atoms with Gasteiger partial charge in [0.2, 0.25) is 0 Å². The van der Waals surface area contributed by atoms with E-state index in [4.69, 9.17) is 24.5 Å². The van der Waals surface area contributed by atoms with Crippen molar-refractivity contribution in [2.24, 2.45) is 0 Å². The van der Waals surface area contributed by atoms with E-state index in [9.17, 15) is 28.9 Å². The second-order valence-corrected chi connectivity index (χ2v) is 10.9. The minimum atomic E-state index is -4.23. The van der Waals surface area contributed by atoms with Gasteiger partial charge in [0.15, 0.2) is 0 Å². The van der Waals surface area contributed by atoms with Gasteiger partial charge in [0.25, 0.3) is 9.84 Å². The van der Waals surface area contributed by atoms with Crippen LogP contribution in [0.1, 0.15) is 24.2 Å². The van der Waals surface area contributed by atoms with Crippen molar-refractivity contribution in [2.75, 3.05) is 6.54 Å². The molecule has 0 amide bonds. The molecular formula is C27H27N3O12S. The molecule has 15 nitrogen and oxygen atoms in total. The number of benzene rings is 3. The fourth-order valence-electron chi connectivity index (χ4n) is 3.69. The van der Waals surface area contributed by atoms with Gasteiger partial charge < -0.3 is 40.8 Å². The van der Waals surface area contributed by atoms with E-state index < -0.39 is 38.8 Å². The van der Waals surface area contributed by atoms with E-state index in [1.54, 1.807) is 30.3 Å². The number of nitrogens with zero attached hydrogens (tertiary/aromatic N) is 2. The molecule has 4 rings (SSSR count). The minimum absolute atomic E-state index is 0.0371. The zero-order valence-electron chi connectivity index (χ0n) is 22.4. The van der Waals surface area contributed by atoms with Crippen LogP contribution in [-0.2, 0) is 25.8 Å². The normalized spacial score (nSPS) is 12.4. The summed E-state index contributed by atoms with van der Waals surface area (Å²) in [6, 6.07) is 18.1. The molecule has 16 heteroatoms. The first-order valence-electron chi connectivity index (χ1n) is 12.3. The van der Waals surface area contributed by atoms with Gasteiger partial charge >= 0.3 is 22.8 Å². The molecule has 228 valence electrons. The molecule has 3 aromatic carbocycles. The van der Waals surface area contributed by atoms with Crippen molar-refractivity contribution in [1.29, 1.82) is 0 Å². The zero-order valence-corrected chi connectivity index (χ0v) is 23.2. The number of nitrogens with one attached hydrogen (secondary N) is 1. The number of phenolic OH excluding ortho intramolecular Hbond substituents is 2. The summed E-state index contributed by atoms with van der Waals surface area (Å²) in [5.74, 6) is -4.14. The van der Waals surface area contributed by atoms with Crippen molar-refractivity contribution in [2.45, 2.75) is 35.4 Å². The summed E-state index contributed by atoms with van der Waals surface area (Å²) in [5.41, 5.74) is 1.31.